The average Bonchev–Trinajstić information content (AvgIpc) is 2.21. The predicted octanol–water partition coefficient (Wildman–Crippen LogP) is 1.48. The maximum Gasteiger partial charge on any atom is 0.240 e. The molecule has 0 saturated carbocycles. The Labute approximate surface area is 82.8 Å². The fourth-order valence-electron chi connectivity index (χ4n) is 1.38. The number of nitrogens with one attached hydrogen (secondary N) is 1. The Hall–Kier alpha value is -1.64. The van der Waals surface area contributed by atoms with Gasteiger partial charge >= 0.3 is 0 Å². The molecule has 0 fully saturated rings. The van der Waals surface area contributed by atoms with Gasteiger partial charge in [-0.05, 0) is 18.1 Å². The van der Waals surface area contributed by atoms with Crippen molar-refractivity contribution in [2.45, 2.75) is 12.8 Å². The molecule has 2 rings (SSSR count). The van der Waals surface area contributed by atoms with Gasteiger partial charge in [0.2, 0.25) is 5.91 Å². The summed E-state index contributed by atoms with van der Waals surface area (Å²) >= 11 is 0. The summed E-state index contributed by atoms with van der Waals surface area (Å²) in [6.07, 6.45) is 1.23. The lowest BCUT2D eigenvalue weighted by Crippen LogP contribution is -2.25. The predicted molar refractivity (Wildman–Crippen MR) is 54.8 cm³/mol. The Kier molecular flexibility index (Phi) is 2.31. The number of carbonyl (C=O) groups excluding carboxylic acids is 1. The Morgan fingerprint density at radius 3 is 2.50 bits per heavy atom. The quantitative estimate of drug-likeness (QED) is 0.711. The maximum atomic E-state index is 10.9. The third-order valence-corrected chi connectivity index (χ3v) is 2.19. The highest BCUT2D eigenvalue weighted by atomic mass is 16.2. The number of hydrogen-bond donors (Lipinski definition) is 1. The average molecular weight is 187 g/mol. The highest BCUT2D eigenvalue weighted by molar-refractivity contribution is 6.04. The molecule has 0 unspecified atom stereocenters. The van der Waals surface area contributed by atoms with Crippen LogP contribution >= 0.6 is 0 Å². The van der Waals surface area contributed by atoms with Crippen molar-refractivity contribution >= 4 is 11.6 Å². The van der Waals surface area contributed by atoms with E-state index in [0.717, 1.165) is 16.8 Å². The van der Waals surface area contributed by atoms with Gasteiger partial charge in [-0.3, -0.25) is 4.79 Å². The zero-order chi connectivity index (χ0) is 9.97. The van der Waals surface area contributed by atoms with Crippen LogP contribution in [0.3, 0.4) is 0 Å². The molecule has 0 atom stereocenters. The first-order chi connectivity index (χ1) is 6.75. The van der Waals surface area contributed by atoms with Crippen LogP contribution in [0.4, 0.5) is 0 Å². The van der Waals surface area contributed by atoms with Crippen molar-refractivity contribution in [1.29, 1.82) is 0 Å². The van der Waals surface area contributed by atoms with Gasteiger partial charge in [0.15, 0.2) is 0 Å². The summed E-state index contributed by atoms with van der Waals surface area (Å²) in [4.78, 5) is 10.9. The first-order valence-corrected chi connectivity index (χ1v) is 4.53. The van der Waals surface area contributed by atoms with E-state index >= 15 is 0 Å². The van der Waals surface area contributed by atoms with E-state index in [1.165, 1.54) is 0 Å². The second kappa shape index (κ2) is 3.62. The van der Waals surface area contributed by atoms with Gasteiger partial charge in [0, 0.05) is 12.8 Å². The monoisotopic (exact) mass is 187 g/mol. The molecule has 1 aliphatic rings. The van der Waals surface area contributed by atoms with E-state index in [4.69, 9.17) is 0 Å². The Morgan fingerprint density at radius 1 is 1.21 bits per heavy atom. The minimum atomic E-state index is -0.0115. The minimum absolute atomic E-state index is 0.0115. The molecule has 1 aliphatic heterocycles. The summed E-state index contributed by atoms with van der Waals surface area (Å²) in [7, 11) is 0. The van der Waals surface area contributed by atoms with Gasteiger partial charge in [0.25, 0.3) is 0 Å². The van der Waals surface area contributed by atoms with Crippen LogP contribution in [0.5, 0.6) is 0 Å². The van der Waals surface area contributed by atoms with E-state index < -0.39 is 0 Å². The summed E-state index contributed by atoms with van der Waals surface area (Å²) in [5.74, 6) is -0.0115. The molecule has 0 aromatic heterocycles. The standard InChI is InChI=1S/C11H11N2O/c1-8-2-4-9(5-3-8)10-6-7-11(14)13-12-10/h2-5H,1,6-7H2,(H,13,14). The van der Waals surface area contributed by atoms with Crippen molar-refractivity contribution < 1.29 is 4.79 Å². The first-order valence-electron chi connectivity index (χ1n) is 4.53. The number of carbonyl (C=O) groups is 1. The summed E-state index contributed by atoms with van der Waals surface area (Å²) < 4.78 is 0. The molecular formula is C11H11N2O. The molecule has 1 radical (unpaired) electrons. The maximum absolute atomic E-state index is 10.9. The molecule has 0 bridgehead atoms. The Balaban J connectivity index is 2.23. The van der Waals surface area contributed by atoms with Crippen molar-refractivity contribution in [3.63, 3.8) is 0 Å². The molecule has 1 heterocycles. The largest absolute Gasteiger partial charge is 0.273 e. The zero-order valence-corrected chi connectivity index (χ0v) is 7.79. The highest BCUT2D eigenvalue weighted by Gasteiger charge is 2.12. The molecule has 0 aliphatic carbocycles. The van der Waals surface area contributed by atoms with Gasteiger partial charge in [-0.25, -0.2) is 5.43 Å². The van der Waals surface area contributed by atoms with E-state index in [1.54, 1.807) is 0 Å². The molecule has 1 amide bonds. The molecule has 0 saturated heterocycles. The third-order valence-electron chi connectivity index (χ3n) is 2.19. The molecule has 1 aromatic rings. The third kappa shape index (κ3) is 1.82. The van der Waals surface area contributed by atoms with Crippen LogP contribution in [0.25, 0.3) is 0 Å². The lowest BCUT2D eigenvalue weighted by Gasteiger charge is -2.11. The van der Waals surface area contributed by atoms with Crippen LogP contribution in [0.15, 0.2) is 29.4 Å². The topological polar surface area (TPSA) is 41.5 Å². The number of nitrogens with zero attached hydrogens (tertiary/aromatic N) is 1. The summed E-state index contributed by atoms with van der Waals surface area (Å²) in [6, 6.07) is 7.82. The molecule has 0 spiro atoms. The molecule has 1 aromatic carbocycles. The molecule has 14 heavy (non-hydrogen) atoms. The number of rotatable bonds is 1. The van der Waals surface area contributed by atoms with Gasteiger partial charge in [0.1, 0.15) is 0 Å². The van der Waals surface area contributed by atoms with Gasteiger partial charge in [-0.2, -0.15) is 5.10 Å². The zero-order valence-electron chi connectivity index (χ0n) is 7.79. The second-order valence-corrected chi connectivity index (χ2v) is 3.29. The Morgan fingerprint density at radius 2 is 1.93 bits per heavy atom. The van der Waals surface area contributed by atoms with Gasteiger partial charge in [-0.15, -0.1) is 0 Å². The normalized spacial score (nSPS) is 16.1. The van der Waals surface area contributed by atoms with Gasteiger partial charge < -0.3 is 0 Å². The lowest BCUT2D eigenvalue weighted by molar-refractivity contribution is -0.121. The van der Waals surface area contributed by atoms with E-state index in [9.17, 15) is 4.79 Å². The Bertz CT molecular complexity index is 379. The van der Waals surface area contributed by atoms with E-state index in [1.807, 2.05) is 24.3 Å². The van der Waals surface area contributed by atoms with Gasteiger partial charge in [-0.1, -0.05) is 24.3 Å². The van der Waals surface area contributed by atoms with Crippen molar-refractivity contribution in [2.24, 2.45) is 5.10 Å². The van der Waals surface area contributed by atoms with Crippen molar-refractivity contribution in [1.82, 2.24) is 5.43 Å². The van der Waals surface area contributed by atoms with Crippen LogP contribution in [-0.4, -0.2) is 11.6 Å². The smallest absolute Gasteiger partial charge is 0.240 e. The minimum Gasteiger partial charge on any atom is -0.273 e. The highest BCUT2D eigenvalue weighted by Crippen LogP contribution is 2.10. The van der Waals surface area contributed by atoms with Gasteiger partial charge in [0.05, 0.1) is 5.71 Å². The number of hydrogen-bond acceptors (Lipinski definition) is 2. The van der Waals surface area contributed by atoms with Crippen molar-refractivity contribution in [2.75, 3.05) is 0 Å². The number of hydrazone groups is 1. The fraction of sp³-hybridized carbons (Fsp3) is 0.182. The number of benzene rings is 1. The molecular weight excluding hydrogens is 176 g/mol. The van der Waals surface area contributed by atoms with E-state index in [-0.39, 0.29) is 5.91 Å². The van der Waals surface area contributed by atoms with Crippen LogP contribution in [0.1, 0.15) is 24.0 Å². The SMILES string of the molecule is [CH2]c1ccc(C2=NNC(=O)CC2)cc1. The van der Waals surface area contributed by atoms with Crippen LogP contribution in [0, 0.1) is 6.92 Å². The summed E-state index contributed by atoms with van der Waals surface area (Å²) in [5.41, 5.74) is 5.45. The van der Waals surface area contributed by atoms with Crippen LogP contribution in [-0.2, 0) is 4.79 Å². The first kappa shape index (κ1) is 8.94. The fourth-order valence-corrected chi connectivity index (χ4v) is 1.38. The van der Waals surface area contributed by atoms with Crippen LogP contribution < -0.4 is 5.43 Å². The van der Waals surface area contributed by atoms with E-state index in [0.29, 0.717) is 12.8 Å². The summed E-state index contributed by atoms with van der Waals surface area (Å²) in [6.45, 7) is 3.81. The molecule has 71 valence electrons. The molecule has 3 nitrogen and oxygen atoms in total. The lowest BCUT2D eigenvalue weighted by atomic mass is 10.0. The second-order valence-electron chi connectivity index (χ2n) is 3.29. The summed E-state index contributed by atoms with van der Waals surface area (Å²) in [5, 5.41) is 4.01. The van der Waals surface area contributed by atoms with Crippen LogP contribution in [0.2, 0.25) is 0 Å². The van der Waals surface area contributed by atoms with E-state index in [2.05, 4.69) is 17.5 Å². The van der Waals surface area contributed by atoms with Crippen molar-refractivity contribution in [3.8, 4) is 0 Å². The molecule has 1 N–H and O–H groups in total. The van der Waals surface area contributed by atoms with Crippen molar-refractivity contribution in [3.05, 3.63) is 42.3 Å². The molecule has 3 heteroatoms. The number of amides is 1.